The number of aromatic nitrogens is 2. The maximum atomic E-state index is 11.5. The minimum absolute atomic E-state index is 0.189. The van der Waals surface area contributed by atoms with Crippen LogP contribution in [0.2, 0.25) is 0 Å². The summed E-state index contributed by atoms with van der Waals surface area (Å²) in [4.78, 5) is 22.9. The summed E-state index contributed by atoms with van der Waals surface area (Å²) in [5.74, 6) is 0. The Morgan fingerprint density at radius 2 is 2.08 bits per heavy atom. The van der Waals surface area contributed by atoms with Gasteiger partial charge in [-0.2, -0.15) is 0 Å². The second kappa shape index (κ2) is 4.08. The fourth-order valence-corrected chi connectivity index (χ4v) is 1.82. The highest BCUT2D eigenvalue weighted by atomic mass is 127. The van der Waals surface area contributed by atoms with E-state index in [1.165, 1.54) is 9.13 Å². The Balaban J connectivity index is 3.47. The quantitative estimate of drug-likeness (QED) is 0.748. The van der Waals surface area contributed by atoms with Crippen molar-refractivity contribution in [3.8, 4) is 0 Å². The number of hydrogen-bond donors (Lipinski definition) is 0. The van der Waals surface area contributed by atoms with Crippen molar-refractivity contribution in [3.05, 3.63) is 30.6 Å². The van der Waals surface area contributed by atoms with Crippen LogP contribution in [-0.4, -0.2) is 9.13 Å². The summed E-state index contributed by atoms with van der Waals surface area (Å²) in [6.45, 7) is 2.42. The Labute approximate surface area is 89.3 Å². The maximum Gasteiger partial charge on any atom is 0.330 e. The van der Waals surface area contributed by atoms with Gasteiger partial charge in [0.15, 0.2) is 0 Å². The molecule has 1 heterocycles. The second-order valence-electron chi connectivity index (χ2n) is 2.83. The Bertz CT molecular complexity index is 385. The molecule has 0 saturated heterocycles. The van der Waals surface area contributed by atoms with Gasteiger partial charge in [0.05, 0.1) is 3.57 Å². The SMILES string of the molecule is CCCn1c(=O)c(I)cn(C)c1=O. The van der Waals surface area contributed by atoms with Gasteiger partial charge in [-0.05, 0) is 29.0 Å². The number of rotatable bonds is 2. The summed E-state index contributed by atoms with van der Waals surface area (Å²) >= 11 is 1.94. The van der Waals surface area contributed by atoms with E-state index in [4.69, 9.17) is 0 Å². The molecule has 0 amide bonds. The molecule has 0 aliphatic carbocycles. The van der Waals surface area contributed by atoms with E-state index in [2.05, 4.69) is 0 Å². The third-order valence-electron chi connectivity index (χ3n) is 1.74. The molecule has 0 saturated carbocycles. The lowest BCUT2D eigenvalue weighted by Gasteiger charge is -2.05. The van der Waals surface area contributed by atoms with Gasteiger partial charge >= 0.3 is 5.69 Å². The summed E-state index contributed by atoms with van der Waals surface area (Å²) in [5.41, 5.74) is -0.433. The molecule has 0 N–H and O–H groups in total. The van der Waals surface area contributed by atoms with Crippen molar-refractivity contribution in [2.75, 3.05) is 0 Å². The predicted octanol–water partition coefficient (Wildman–Crippen LogP) is 0.562. The first-order valence-electron chi connectivity index (χ1n) is 4.04. The molecule has 0 unspecified atom stereocenters. The first-order chi connectivity index (χ1) is 6.07. The molecule has 0 atom stereocenters. The van der Waals surface area contributed by atoms with E-state index >= 15 is 0 Å². The molecule has 13 heavy (non-hydrogen) atoms. The molecule has 0 aromatic carbocycles. The molecular weight excluding hydrogens is 283 g/mol. The molecule has 0 aliphatic rings. The number of nitrogens with zero attached hydrogens (tertiary/aromatic N) is 2. The lowest BCUT2D eigenvalue weighted by molar-refractivity contribution is 0.577. The molecular formula is C8H11IN2O2. The monoisotopic (exact) mass is 294 g/mol. The van der Waals surface area contributed by atoms with Gasteiger partial charge in [-0.25, -0.2) is 4.79 Å². The van der Waals surface area contributed by atoms with Gasteiger partial charge in [0, 0.05) is 19.8 Å². The van der Waals surface area contributed by atoms with Gasteiger partial charge in [0.1, 0.15) is 0 Å². The molecule has 4 nitrogen and oxygen atoms in total. The van der Waals surface area contributed by atoms with Crippen LogP contribution in [0.4, 0.5) is 0 Å². The molecule has 5 heteroatoms. The van der Waals surface area contributed by atoms with Crippen molar-refractivity contribution in [1.29, 1.82) is 0 Å². The third-order valence-corrected chi connectivity index (χ3v) is 2.48. The number of aryl methyl sites for hydroxylation is 1. The van der Waals surface area contributed by atoms with Crippen molar-refractivity contribution in [2.24, 2.45) is 7.05 Å². The summed E-state index contributed by atoms with van der Waals surface area (Å²) in [5, 5.41) is 0. The van der Waals surface area contributed by atoms with Crippen molar-refractivity contribution < 1.29 is 0 Å². The zero-order valence-corrected chi connectivity index (χ0v) is 9.74. The van der Waals surface area contributed by atoms with Crippen molar-refractivity contribution in [3.63, 3.8) is 0 Å². The third kappa shape index (κ3) is 2.01. The Morgan fingerprint density at radius 1 is 1.46 bits per heavy atom. The summed E-state index contributed by atoms with van der Waals surface area (Å²) in [6, 6.07) is 0. The van der Waals surface area contributed by atoms with Crippen LogP contribution in [0.25, 0.3) is 0 Å². The van der Waals surface area contributed by atoms with Crippen molar-refractivity contribution in [1.82, 2.24) is 9.13 Å². The molecule has 0 bridgehead atoms. The standard InChI is InChI=1S/C8H11IN2O2/c1-3-4-11-7(12)6(9)5-10(2)8(11)13/h5H,3-4H2,1-2H3. The van der Waals surface area contributed by atoms with Crippen molar-refractivity contribution >= 4 is 22.6 Å². The Hall–Kier alpha value is -0.590. The molecule has 0 radical (unpaired) electrons. The number of halogens is 1. The van der Waals surface area contributed by atoms with Crippen LogP contribution in [0, 0.1) is 3.57 Å². The minimum Gasteiger partial charge on any atom is -0.302 e. The van der Waals surface area contributed by atoms with Crippen molar-refractivity contribution in [2.45, 2.75) is 19.9 Å². The van der Waals surface area contributed by atoms with Gasteiger partial charge in [0.2, 0.25) is 0 Å². The normalized spacial score (nSPS) is 10.4. The van der Waals surface area contributed by atoms with Gasteiger partial charge in [-0.15, -0.1) is 0 Å². The van der Waals surface area contributed by atoms with Gasteiger partial charge in [0.25, 0.3) is 5.56 Å². The van der Waals surface area contributed by atoms with Crippen LogP contribution < -0.4 is 11.2 Å². The number of hydrogen-bond acceptors (Lipinski definition) is 2. The summed E-state index contributed by atoms with van der Waals surface area (Å²) < 4.78 is 3.27. The van der Waals surface area contributed by atoms with E-state index in [9.17, 15) is 9.59 Å². The highest BCUT2D eigenvalue weighted by Crippen LogP contribution is 1.93. The van der Waals surface area contributed by atoms with Gasteiger partial charge in [-0.3, -0.25) is 9.36 Å². The lowest BCUT2D eigenvalue weighted by Crippen LogP contribution is -2.39. The molecule has 1 aromatic rings. The van der Waals surface area contributed by atoms with Gasteiger partial charge < -0.3 is 4.57 Å². The van der Waals surface area contributed by atoms with E-state index in [-0.39, 0.29) is 11.2 Å². The summed E-state index contributed by atoms with van der Waals surface area (Å²) in [6.07, 6.45) is 2.34. The van der Waals surface area contributed by atoms with E-state index in [0.717, 1.165) is 6.42 Å². The van der Waals surface area contributed by atoms with Gasteiger partial charge in [-0.1, -0.05) is 6.92 Å². The second-order valence-corrected chi connectivity index (χ2v) is 3.99. The largest absolute Gasteiger partial charge is 0.330 e. The average molecular weight is 294 g/mol. The zero-order valence-electron chi connectivity index (χ0n) is 7.58. The smallest absolute Gasteiger partial charge is 0.302 e. The highest BCUT2D eigenvalue weighted by molar-refractivity contribution is 14.1. The van der Waals surface area contributed by atoms with E-state index in [1.807, 2.05) is 29.5 Å². The highest BCUT2D eigenvalue weighted by Gasteiger charge is 2.05. The Morgan fingerprint density at radius 3 is 2.62 bits per heavy atom. The topological polar surface area (TPSA) is 44.0 Å². The van der Waals surface area contributed by atoms with Crippen LogP contribution in [0.15, 0.2) is 15.8 Å². The fourth-order valence-electron chi connectivity index (χ4n) is 1.11. The fraction of sp³-hybridized carbons (Fsp3) is 0.500. The molecule has 0 spiro atoms. The van der Waals surface area contributed by atoms with E-state index < -0.39 is 0 Å². The van der Waals surface area contributed by atoms with E-state index in [0.29, 0.717) is 10.1 Å². The maximum absolute atomic E-state index is 11.5. The van der Waals surface area contributed by atoms with Crippen LogP contribution in [0.5, 0.6) is 0 Å². The minimum atomic E-state index is -0.243. The van der Waals surface area contributed by atoms with Crippen LogP contribution in [0.3, 0.4) is 0 Å². The van der Waals surface area contributed by atoms with Crippen LogP contribution >= 0.6 is 22.6 Å². The molecule has 1 aromatic heterocycles. The zero-order chi connectivity index (χ0) is 10.0. The Kier molecular flexibility index (Phi) is 3.29. The first kappa shape index (κ1) is 10.5. The first-order valence-corrected chi connectivity index (χ1v) is 5.11. The van der Waals surface area contributed by atoms with Crippen LogP contribution in [0.1, 0.15) is 13.3 Å². The molecule has 1 rings (SSSR count). The van der Waals surface area contributed by atoms with E-state index in [1.54, 1.807) is 13.2 Å². The molecule has 0 aliphatic heterocycles. The summed E-state index contributed by atoms with van der Waals surface area (Å²) in [7, 11) is 1.65. The molecule has 0 fully saturated rings. The average Bonchev–Trinajstić information content (AvgIpc) is 2.09. The predicted molar refractivity (Wildman–Crippen MR) is 59.0 cm³/mol. The lowest BCUT2D eigenvalue weighted by atomic mass is 10.4. The molecule has 72 valence electrons. The van der Waals surface area contributed by atoms with Crippen LogP contribution in [-0.2, 0) is 13.6 Å².